The number of aromatic nitrogens is 2. The average molecular weight is 805 g/mol. The van der Waals surface area contributed by atoms with Gasteiger partial charge >= 0.3 is 0 Å². The second-order valence-electron chi connectivity index (χ2n) is 16.4. The first-order valence-corrected chi connectivity index (χ1v) is 21.7. The Labute approximate surface area is 364 Å². The number of fused-ring (bicyclic) bond motifs is 15. The SMILES string of the molecule is C=C/C=C\C=C/CN(c1ccccc1)c1cc2c3cccc4c5ccccc5n(c43)c2c2c(N(c3ccccc3)c3ccccc3)cc3c4cccc5c6ccccc6n(c54)c3c12. The van der Waals surface area contributed by atoms with E-state index in [9.17, 15) is 0 Å². The number of anilines is 5. The van der Waals surface area contributed by atoms with Gasteiger partial charge in [-0.1, -0.05) is 164 Å². The highest BCUT2D eigenvalue weighted by atomic mass is 15.2. The van der Waals surface area contributed by atoms with E-state index in [4.69, 9.17) is 0 Å². The highest BCUT2D eigenvalue weighted by Gasteiger charge is 2.30. The molecule has 0 amide bonds. The molecule has 13 rings (SSSR count). The molecule has 4 nitrogen and oxygen atoms in total. The second-order valence-corrected chi connectivity index (χ2v) is 16.4. The summed E-state index contributed by atoms with van der Waals surface area (Å²) in [6, 6.07) is 69.2. The fraction of sp³-hybridized carbons (Fsp3) is 0.0169. The Morgan fingerprint density at radius 2 is 0.810 bits per heavy atom. The molecule has 4 aromatic heterocycles. The van der Waals surface area contributed by atoms with Gasteiger partial charge in [-0.05, 0) is 60.7 Å². The lowest BCUT2D eigenvalue weighted by Crippen LogP contribution is -2.18. The number of hydrogen-bond acceptors (Lipinski definition) is 2. The van der Waals surface area contributed by atoms with Crippen molar-refractivity contribution < 1.29 is 0 Å². The number of rotatable bonds is 9. The first-order valence-electron chi connectivity index (χ1n) is 21.7. The van der Waals surface area contributed by atoms with Crippen LogP contribution in [0.5, 0.6) is 0 Å². The maximum atomic E-state index is 3.91. The van der Waals surface area contributed by atoms with Gasteiger partial charge in [0.05, 0.1) is 44.5 Å². The molecule has 0 spiro atoms. The molecule has 0 aliphatic carbocycles. The van der Waals surface area contributed by atoms with Gasteiger partial charge in [-0.2, -0.15) is 0 Å². The van der Waals surface area contributed by atoms with Crippen LogP contribution < -0.4 is 9.80 Å². The summed E-state index contributed by atoms with van der Waals surface area (Å²) in [7, 11) is 0. The largest absolute Gasteiger partial charge is 0.337 e. The zero-order chi connectivity index (χ0) is 41.6. The summed E-state index contributed by atoms with van der Waals surface area (Å²) in [5.41, 5.74) is 12.9. The number of hydrogen-bond donors (Lipinski definition) is 0. The van der Waals surface area contributed by atoms with E-state index in [1.54, 1.807) is 0 Å². The summed E-state index contributed by atoms with van der Waals surface area (Å²) >= 11 is 0. The Kier molecular flexibility index (Phi) is 7.79. The van der Waals surface area contributed by atoms with Gasteiger partial charge in [-0.25, -0.2) is 0 Å². The van der Waals surface area contributed by atoms with Crippen LogP contribution in [0.25, 0.3) is 87.0 Å². The minimum atomic E-state index is 0.647. The van der Waals surface area contributed by atoms with Gasteiger partial charge in [0.25, 0.3) is 0 Å². The molecule has 0 aliphatic rings. The molecule has 63 heavy (non-hydrogen) atoms. The third-order valence-electron chi connectivity index (χ3n) is 13.1. The van der Waals surface area contributed by atoms with E-state index >= 15 is 0 Å². The molecule has 13 aromatic rings. The Morgan fingerprint density at radius 3 is 1.33 bits per heavy atom. The Balaban J connectivity index is 1.34. The topological polar surface area (TPSA) is 15.3 Å². The van der Waals surface area contributed by atoms with Gasteiger partial charge in [0, 0.05) is 77.5 Å². The zero-order valence-corrected chi connectivity index (χ0v) is 34.5. The van der Waals surface area contributed by atoms with Crippen molar-refractivity contribution >= 4 is 115 Å². The van der Waals surface area contributed by atoms with Crippen molar-refractivity contribution in [1.29, 1.82) is 0 Å². The quantitative estimate of drug-likeness (QED) is 0.135. The van der Waals surface area contributed by atoms with Crippen LogP contribution in [0.1, 0.15) is 0 Å². The Bertz CT molecular complexity index is 3900. The molecule has 4 heteroatoms. The summed E-state index contributed by atoms with van der Waals surface area (Å²) in [5, 5.41) is 12.4. The third-order valence-corrected chi connectivity index (χ3v) is 13.1. The predicted molar refractivity (Wildman–Crippen MR) is 270 cm³/mol. The lowest BCUT2D eigenvalue weighted by Gasteiger charge is -2.30. The molecule has 0 saturated heterocycles. The molecule has 0 saturated carbocycles. The monoisotopic (exact) mass is 804 g/mol. The summed E-state index contributed by atoms with van der Waals surface area (Å²) in [6.45, 7) is 4.56. The summed E-state index contributed by atoms with van der Waals surface area (Å²) in [6.07, 6.45) is 10.2. The standard InChI is InChI=1S/C59H40N4/c1-2-3-4-5-19-36-60(39-22-9-6-10-23-39)52-37-48-46-32-20-30-44-43-29-16-18-35-51(43)63(56(44)46)59(48)55-53(61(40-24-11-7-12-25-40)41-26-13-8-14-27-41)38-49-47-33-21-31-45-42-28-15-17-34-50(42)62(57(45)47)58(49)54(52)55/h2-35,37-38H,1,36H2/b4-3-,19-5-. The van der Waals surface area contributed by atoms with Crippen molar-refractivity contribution in [2.45, 2.75) is 0 Å². The third kappa shape index (κ3) is 5.03. The number of para-hydroxylation sites is 7. The molecule has 0 radical (unpaired) electrons. The van der Waals surface area contributed by atoms with Crippen LogP contribution in [-0.4, -0.2) is 15.3 Å². The lowest BCUT2D eigenvalue weighted by atomic mass is 9.95. The highest BCUT2D eigenvalue weighted by molar-refractivity contribution is 6.37. The fourth-order valence-corrected chi connectivity index (χ4v) is 10.7. The first-order chi connectivity index (χ1) is 31.3. The summed E-state index contributed by atoms with van der Waals surface area (Å²) < 4.78 is 5.15. The van der Waals surface area contributed by atoms with Crippen LogP contribution in [-0.2, 0) is 0 Å². The van der Waals surface area contributed by atoms with Crippen molar-refractivity contribution in [3.05, 3.63) is 225 Å². The predicted octanol–water partition coefficient (Wildman–Crippen LogP) is 16.0. The smallest absolute Gasteiger partial charge is 0.0643 e. The highest BCUT2D eigenvalue weighted by Crippen LogP contribution is 2.54. The van der Waals surface area contributed by atoms with Gasteiger partial charge in [0.15, 0.2) is 0 Å². The van der Waals surface area contributed by atoms with Gasteiger partial charge in [-0.3, -0.25) is 0 Å². The molecule has 0 atom stereocenters. The van der Waals surface area contributed by atoms with Gasteiger partial charge < -0.3 is 18.6 Å². The normalized spacial score (nSPS) is 12.4. The minimum absolute atomic E-state index is 0.647. The van der Waals surface area contributed by atoms with E-state index in [1.807, 2.05) is 12.2 Å². The molecule has 0 aliphatic heterocycles. The number of allylic oxidation sites excluding steroid dienone is 4. The van der Waals surface area contributed by atoms with Crippen LogP contribution >= 0.6 is 0 Å². The van der Waals surface area contributed by atoms with Gasteiger partial charge in [0.2, 0.25) is 0 Å². The van der Waals surface area contributed by atoms with E-state index in [0.717, 1.165) is 28.4 Å². The van der Waals surface area contributed by atoms with Crippen LogP contribution in [0.2, 0.25) is 0 Å². The Hall–Kier alpha value is -8.34. The van der Waals surface area contributed by atoms with E-state index in [1.165, 1.54) is 87.0 Å². The number of benzene rings is 9. The molecular weight excluding hydrogens is 765 g/mol. The molecular formula is C59H40N4. The molecule has 0 bridgehead atoms. The van der Waals surface area contributed by atoms with E-state index in [-0.39, 0.29) is 0 Å². The molecule has 296 valence electrons. The van der Waals surface area contributed by atoms with Crippen LogP contribution in [0, 0.1) is 0 Å². The van der Waals surface area contributed by atoms with Crippen LogP contribution in [0.15, 0.2) is 225 Å². The molecule has 0 N–H and O–H groups in total. The fourth-order valence-electron chi connectivity index (χ4n) is 10.7. The van der Waals surface area contributed by atoms with Crippen LogP contribution in [0.3, 0.4) is 0 Å². The van der Waals surface area contributed by atoms with Crippen molar-refractivity contribution in [3.8, 4) is 0 Å². The van der Waals surface area contributed by atoms with Crippen molar-refractivity contribution in [3.63, 3.8) is 0 Å². The van der Waals surface area contributed by atoms with E-state index in [0.29, 0.717) is 6.54 Å². The average Bonchev–Trinajstić information content (AvgIpc) is 4.07. The summed E-state index contributed by atoms with van der Waals surface area (Å²) in [5.74, 6) is 0. The number of nitrogens with zero attached hydrogens (tertiary/aromatic N) is 4. The lowest BCUT2D eigenvalue weighted by molar-refractivity contribution is 1.11. The molecule has 0 unspecified atom stereocenters. The molecule has 0 fully saturated rings. The van der Waals surface area contributed by atoms with E-state index < -0.39 is 0 Å². The van der Waals surface area contributed by atoms with Gasteiger partial charge in [-0.15, -0.1) is 0 Å². The van der Waals surface area contributed by atoms with Crippen molar-refractivity contribution in [2.24, 2.45) is 0 Å². The van der Waals surface area contributed by atoms with Crippen molar-refractivity contribution in [2.75, 3.05) is 16.3 Å². The van der Waals surface area contributed by atoms with Gasteiger partial charge in [0.1, 0.15) is 0 Å². The molecule has 9 aromatic carbocycles. The first kappa shape index (κ1) is 35.4. The minimum Gasteiger partial charge on any atom is -0.337 e. The second kappa shape index (κ2) is 13.8. The molecule has 4 heterocycles. The Morgan fingerprint density at radius 1 is 0.381 bits per heavy atom. The van der Waals surface area contributed by atoms with E-state index in [2.05, 4.69) is 231 Å². The van der Waals surface area contributed by atoms with Crippen LogP contribution in [0.4, 0.5) is 28.4 Å². The summed E-state index contributed by atoms with van der Waals surface area (Å²) in [4.78, 5) is 5.00. The maximum absolute atomic E-state index is 3.91. The van der Waals surface area contributed by atoms with Crippen molar-refractivity contribution in [1.82, 2.24) is 8.80 Å². The zero-order valence-electron chi connectivity index (χ0n) is 34.5. The maximum Gasteiger partial charge on any atom is 0.0643 e.